The fourth-order valence-corrected chi connectivity index (χ4v) is 1.51. The van der Waals surface area contributed by atoms with Crippen LogP contribution in [0.5, 0.6) is 0 Å². The summed E-state index contributed by atoms with van der Waals surface area (Å²) in [5.41, 5.74) is 0. The molecule has 16 heavy (non-hydrogen) atoms. The van der Waals surface area contributed by atoms with E-state index in [1.54, 1.807) is 0 Å². The molecular weight excluding hydrogens is 222 g/mol. The third-order valence-electron chi connectivity index (χ3n) is 2.41. The molecule has 5 atom stereocenters. The maximum absolute atomic E-state index is 9.64. The van der Waals surface area contributed by atoms with Gasteiger partial charge in [-0.1, -0.05) is 0 Å². The van der Waals surface area contributed by atoms with Crippen LogP contribution in [0.2, 0.25) is 0 Å². The van der Waals surface area contributed by atoms with Crippen LogP contribution < -0.4 is 4.99 Å². The summed E-state index contributed by atoms with van der Waals surface area (Å²) in [5, 5.41) is 45.7. The maximum Gasteiger partial charge on any atom is 0.365 e. The molecule has 0 radical (unpaired) electrons. The molecule has 0 amide bonds. The van der Waals surface area contributed by atoms with Crippen molar-refractivity contribution in [2.24, 2.45) is 0 Å². The molecule has 0 bridgehead atoms. The van der Waals surface area contributed by atoms with Crippen LogP contribution in [0.1, 0.15) is 6.92 Å². The van der Waals surface area contributed by atoms with E-state index in [-0.39, 0.29) is 5.90 Å². The average Bonchev–Trinajstić information content (AvgIpc) is 2.28. The van der Waals surface area contributed by atoms with Gasteiger partial charge in [0.15, 0.2) is 0 Å². The average molecular weight is 238 g/mol. The van der Waals surface area contributed by atoms with E-state index < -0.39 is 37.3 Å². The highest BCUT2D eigenvalue weighted by Gasteiger charge is 2.47. The minimum Gasteiger partial charge on any atom is -0.394 e. The van der Waals surface area contributed by atoms with Gasteiger partial charge in [0.25, 0.3) is 0 Å². The number of hydrogen-bond donors (Lipinski definition) is 6. The quantitative estimate of drug-likeness (QED) is 0.124. The number of aliphatic hydroxyl groups is 4. The Hall–Kier alpha value is -0.770. The van der Waals surface area contributed by atoms with Gasteiger partial charge in [0.05, 0.1) is 13.5 Å². The molecule has 94 valence electrons. The first-order valence-electron chi connectivity index (χ1n) is 4.73. The molecule has 6 N–H and O–H groups in total. The molecule has 0 aromatic carbocycles. The lowest BCUT2D eigenvalue weighted by Gasteiger charge is -2.35. The Kier molecular flexibility index (Phi) is 4.59. The third-order valence-corrected chi connectivity index (χ3v) is 2.41. The van der Waals surface area contributed by atoms with Gasteiger partial charge < -0.3 is 25.2 Å². The fourth-order valence-electron chi connectivity index (χ4n) is 1.51. The first-order valence-corrected chi connectivity index (χ1v) is 4.73. The van der Waals surface area contributed by atoms with Crippen molar-refractivity contribution in [2.45, 2.75) is 37.6 Å². The van der Waals surface area contributed by atoms with Crippen LogP contribution in [-0.2, 0) is 9.62 Å². The second-order valence-electron chi connectivity index (χ2n) is 3.55. The lowest BCUT2D eigenvalue weighted by atomic mass is 9.97. The van der Waals surface area contributed by atoms with Crippen LogP contribution in [-0.4, -0.2) is 68.8 Å². The van der Waals surface area contributed by atoms with Crippen LogP contribution in [0, 0.1) is 0 Å². The Bertz CT molecular complexity index is 259. The molecule has 1 heterocycles. The third kappa shape index (κ3) is 2.67. The molecule has 1 saturated heterocycles. The van der Waals surface area contributed by atoms with E-state index in [9.17, 15) is 15.3 Å². The summed E-state index contributed by atoms with van der Waals surface area (Å²) in [4.78, 5) is 6.26. The minimum atomic E-state index is -1.44. The highest BCUT2D eigenvalue weighted by atomic mass is 17.1. The zero-order valence-electron chi connectivity index (χ0n) is 8.65. The van der Waals surface area contributed by atoms with Gasteiger partial charge in [-0.3, -0.25) is 4.89 Å². The first-order chi connectivity index (χ1) is 7.51. The second-order valence-corrected chi connectivity index (χ2v) is 3.55. The molecule has 8 nitrogen and oxygen atoms in total. The van der Waals surface area contributed by atoms with Gasteiger partial charge in [0, 0.05) is 0 Å². The van der Waals surface area contributed by atoms with Crippen LogP contribution in [0.4, 0.5) is 0 Å². The molecule has 0 aromatic heterocycles. The number of hydrogen-bond acceptors (Lipinski definition) is 7. The van der Waals surface area contributed by atoms with Crippen molar-refractivity contribution in [3.8, 4) is 0 Å². The predicted molar refractivity (Wildman–Crippen MR) is 49.1 cm³/mol. The van der Waals surface area contributed by atoms with Gasteiger partial charge in [-0.05, 0) is 0 Å². The molecule has 1 rings (SSSR count). The monoisotopic (exact) mass is 238 g/mol. The SMILES string of the molecule is CC(=[NH+][C@@H]1[C@@H](O)[C@H](O)[C@@H](CO)O[C@H]1O)OO. The Morgan fingerprint density at radius 3 is 2.44 bits per heavy atom. The summed E-state index contributed by atoms with van der Waals surface area (Å²) in [6.45, 7) is 0.825. The molecule has 0 spiro atoms. The van der Waals surface area contributed by atoms with Gasteiger partial charge >= 0.3 is 5.90 Å². The van der Waals surface area contributed by atoms with E-state index >= 15 is 0 Å². The van der Waals surface area contributed by atoms with Crippen molar-refractivity contribution in [2.75, 3.05) is 6.61 Å². The number of ether oxygens (including phenoxy) is 1. The molecule has 0 saturated carbocycles. The van der Waals surface area contributed by atoms with E-state index in [4.69, 9.17) is 15.1 Å². The van der Waals surface area contributed by atoms with Gasteiger partial charge in [0.2, 0.25) is 12.3 Å². The smallest absolute Gasteiger partial charge is 0.365 e. The predicted octanol–water partition coefficient (Wildman–Crippen LogP) is -4.23. The lowest BCUT2D eigenvalue weighted by molar-refractivity contribution is -0.572. The molecule has 0 unspecified atom stereocenters. The Balaban J connectivity index is 2.79. The largest absolute Gasteiger partial charge is 0.394 e. The van der Waals surface area contributed by atoms with Crippen LogP contribution >= 0.6 is 0 Å². The Morgan fingerprint density at radius 1 is 1.31 bits per heavy atom. The maximum atomic E-state index is 9.64. The van der Waals surface area contributed by atoms with Crippen molar-refractivity contribution in [3.05, 3.63) is 0 Å². The Morgan fingerprint density at radius 2 is 1.94 bits per heavy atom. The lowest BCUT2D eigenvalue weighted by Crippen LogP contribution is -2.89. The normalized spacial score (nSPS) is 40.9. The highest BCUT2D eigenvalue weighted by Crippen LogP contribution is 2.17. The molecule has 1 aliphatic heterocycles. The van der Waals surface area contributed by atoms with Gasteiger partial charge in [-0.25, -0.2) is 4.99 Å². The van der Waals surface area contributed by atoms with Gasteiger partial charge in [-0.2, -0.15) is 5.26 Å². The molecular formula is C8H16NO7+. The standard InChI is InChI=1S/C8H15NO7/c1-3(16-14)9-5-7(12)6(11)4(2-10)15-8(5)13/h4-8,10-14H,2H2,1H3/p+1/t4-,5-,6-,7-,8-/m1/s1. The van der Waals surface area contributed by atoms with E-state index in [2.05, 4.69) is 9.88 Å². The van der Waals surface area contributed by atoms with Crippen LogP contribution in [0.25, 0.3) is 0 Å². The summed E-state index contributed by atoms with van der Waals surface area (Å²) < 4.78 is 4.86. The summed E-state index contributed by atoms with van der Waals surface area (Å²) in [5.74, 6) is -0.0682. The number of aliphatic hydroxyl groups excluding tert-OH is 4. The zero-order valence-corrected chi connectivity index (χ0v) is 8.65. The molecule has 0 aromatic rings. The van der Waals surface area contributed by atoms with Crippen molar-refractivity contribution in [3.63, 3.8) is 0 Å². The molecule has 0 aliphatic carbocycles. The number of rotatable bonds is 2. The topological polar surface area (TPSA) is 134 Å². The first kappa shape index (κ1) is 13.3. The summed E-state index contributed by atoms with van der Waals surface area (Å²) in [6.07, 6.45) is -5.22. The van der Waals surface area contributed by atoms with E-state index in [1.807, 2.05) is 0 Å². The van der Waals surface area contributed by atoms with E-state index in [1.165, 1.54) is 6.92 Å². The summed E-state index contributed by atoms with van der Waals surface area (Å²) in [6, 6.07) is -1.06. The second kappa shape index (κ2) is 5.53. The van der Waals surface area contributed by atoms with Crippen LogP contribution in [0.3, 0.4) is 0 Å². The molecule has 1 aliphatic rings. The van der Waals surface area contributed by atoms with Crippen LogP contribution in [0.15, 0.2) is 0 Å². The molecule has 8 heteroatoms. The van der Waals surface area contributed by atoms with Crippen molar-refractivity contribution < 1.29 is 40.3 Å². The van der Waals surface area contributed by atoms with Crippen molar-refractivity contribution in [1.29, 1.82) is 0 Å². The highest BCUT2D eigenvalue weighted by molar-refractivity contribution is 5.65. The number of nitrogens with one attached hydrogen (secondary N) is 1. The Labute approximate surface area is 91.3 Å². The minimum absolute atomic E-state index is 0.0682. The van der Waals surface area contributed by atoms with E-state index in [0.29, 0.717) is 0 Å². The fraction of sp³-hybridized carbons (Fsp3) is 0.875. The zero-order chi connectivity index (χ0) is 12.3. The van der Waals surface area contributed by atoms with Crippen molar-refractivity contribution in [1.82, 2.24) is 0 Å². The van der Waals surface area contributed by atoms with Crippen molar-refractivity contribution >= 4 is 5.90 Å². The summed E-state index contributed by atoms with van der Waals surface area (Å²) in [7, 11) is 0. The van der Waals surface area contributed by atoms with E-state index in [0.717, 1.165) is 0 Å². The van der Waals surface area contributed by atoms with Gasteiger partial charge in [0.1, 0.15) is 18.3 Å². The molecule has 1 fully saturated rings. The van der Waals surface area contributed by atoms with Gasteiger partial charge in [-0.15, -0.1) is 0 Å². The summed E-state index contributed by atoms with van der Waals surface area (Å²) >= 11 is 0.